The summed E-state index contributed by atoms with van der Waals surface area (Å²) in [5.74, 6) is 1.77. The number of hydrogen-bond acceptors (Lipinski definition) is 2. The van der Waals surface area contributed by atoms with Gasteiger partial charge in [-0.2, -0.15) is 11.8 Å². The average molecular weight is 259 g/mol. The van der Waals surface area contributed by atoms with Gasteiger partial charge in [0.25, 0.3) is 0 Å². The second-order valence-electron chi connectivity index (χ2n) is 4.31. The highest BCUT2D eigenvalue weighted by Crippen LogP contribution is 2.03. The molecule has 0 aliphatic heterocycles. The summed E-state index contributed by atoms with van der Waals surface area (Å²) in [4.78, 5) is 4.28. The smallest absolute Gasteiger partial charge is 0.188 e. The fraction of sp³-hybridized carbons (Fsp3) is 0.923. The largest absolute Gasteiger partial charge is 0.370 e. The Balaban J connectivity index is 3.23. The molecule has 4 heteroatoms. The van der Waals surface area contributed by atoms with E-state index in [1.54, 1.807) is 0 Å². The third-order valence-corrected chi connectivity index (χ3v) is 3.32. The highest BCUT2D eigenvalue weighted by Gasteiger charge is 1.92. The van der Waals surface area contributed by atoms with Crippen LogP contribution in [0.1, 0.15) is 51.9 Å². The molecule has 0 aromatic heterocycles. The Morgan fingerprint density at radius 3 is 2.53 bits per heavy atom. The summed E-state index contributed by atoms with van der Waals surface area (Å²) in [5.41, 5.74) is 5.75. The molecular weight excluding hydrogens is 230 g/mol. The lowest BCUT2D eigenvalue weighted by atomic mass is 10.1. The molecule has 0 bridgehead atoms. The molecule has 102 valence electrons. The minimum Gasteiger partial charge on any atom is -0.370 e. The van der Waals surface area contributed by atoms with E-state index >= 15 is 0 Å². The maximum Gasteiger partial charge on any atom is 0.188 e. The summed E-state index contributed by atoms with van der Waals surface area (Å²) in [6.45, 7) is 4.05. The Morgan fingerprint density at radius 2 is 1.82 bits per heavy atom. The zero-order valence-corrected chi connectivity index (χ0v) is 12.3. The van der Waals surface area contributed by atoms with Crippen LogP contribution in [0.15, 0.2) is 4.99 Å². The summed E-state index contributed by atoms with van der Waals surface area (Å²) in [7, 11) is 0. The lowest BCUT2D eigenvalue weighted by Gasteiger charge is -2.05. The molecule has 0 atom stereocenters. The molecule has 0 radical (unpaired) electrons. The molecule has 0 spiro atoms. The van der Waals surface area contributed by atoms with E-state index in [4.69, 9.17) is 5.73 Å². The number of hydrogen-bond donors (Lipinski definition) is 2. The third kappa shape index (κ3) is 13.6. The molecule has 0 aromatic carbocycles. The van der Waals surface area contributed by atoms with Crippen LogP contribution in [0, 0.1) is 0 Å². The van der Waals surface area contributed by atoms with Crippen LogP contribution in [0.4, 0.5) is 0 Å². The Labute approximate surface area is 111 Å². The molecule has 3 N–H and O–H groups in total. The van der Waals surface area contributed by atoms with Gasteiger partial charge in [0, 0.05) is 13.1 Å². The fourth-order valence-electron chi connectivity index (χ4n) is 1.59. The first-order valence-electron chi connectivity index (χ1n) is 6.84. The third-order valence-electron chi connectivity index (χ3n) is 2.63. The Morgan fingerprint density at radius 1 is 1.12 bits per heavy atom. The van der Waals surface area contributed by atoms with Gasteiger partial charge in [-0.15, -0.1) is 0 Å². The number of aliphatic imine (C=N–C) groups is 1. The van der Waals surface area contributed by atoms with E-state index in [9.17, 15) is 0 Å². The number of nitrogens with two attached hydrogens (primary N) is 1. The Kier molecular flexibility index (Phi) is 13.4. The van der Waals surface area contributed by atoms with E-state index < -0.39 is 0 Å². The molecule has 0 fully saturated rings. The molecular formula is C13H29N3S. The molecule has 0 heterocycles. The van der Waals surface area contributed by atoms with Crippen molar-refractivity contribution in [3.63, 3.8) is 0 Å². The number of guanidine groups is 1. The normalized spacial score (nSPS) is 11.8. The second-order valence-corrected chi connectivity index (χ2v) is 5.29. The molecule has 0 aliphatic carbocycles. The maximum absolute atomic E-state index is 5.75. The molecule has 0 rings (SSSR count). The van der Waals surface area contributed by atoms with Gasteiger partial charge in [0.1, 0.15) is 0 Å². The van der Waals surface area contributed by atoms with Crippen molar-refractivity contribution in [2.24, 2.45) is 10.7 Å². The number of rotatable bonds is 11. The number of thioether (sulfide) groups is 1. The first-order valence-corrected chi connectivity index (χ1v) is 8.23. The highest BCUT2D eigenvalue weighted by molar-refractivity contribution is 7.98. The van der Waals surface area contributed by atoms with Crippen molar-refractivity contribution in [1.82, 2.24) is 5.32 Å². The van der Waals surface area contributed by atoms with Crippen molar-refractivity contribution in [1.29, 1.82) is 0 Å². The first-order chi connectivity index (χ1) is 8.31. The van der Waals surface area contributed by atoms with Crippen molar-refractivity contribution in [2.75, 3.05) is 25.1 Å². The first kappa shape index (κ1) is 16.6. The summed E-state index contributed by atoms with van der Waals surface area (Å²) >= 11 is 1.85. The van der Waals surface area contributed by atoms with E-state index in [-0.39, 0.29) is 0 Å². The summed E-state index contributed by atoms with van der Waals surface area (Å²) in [5, 5.41) is 3.17. The lowest BCUT2D eigenvalue weighted by Crippen LogP contribution is -2.32. The predicted molar refractivity (Wildman–Crippen MR) is 80.9 cm³/mol. The molecule has 0 aliphatic rings. The van der Waals surface area contributed by atoms with Crippen LogP contribution in [0.3, 0.4) is 0 Å². The van der Waals surface area contributed by atoms with E-state index in [0.29, 0.717) is 5.96 Å². The minimum atomic E-state index is 0.611. The van der Waals surface area contributed by atoms with Gasteiger partial charge >= 0.3 is 0 Å². The van der Waals surface area contributed by atoms with Gasteiger partial charge in [-0.25, -0.2) is 0 Å². The van der Waals surface area contributed by atoms with Crippen LogP contribution in [0.25, 0.3) is 0 Å². The van der Waals surface area contributed by atoms with Crippen LogP contribution >= 0.6 is 11.8 Å². The summed E-state index contributed by atoms with van der Waals surface area (Å²) in [6.07, 6.45) is 11.1. The van der Waals surface area contributed by atoms with E-state index in [0.717, 1.165) is 25.3 Å². The SMILES string of the molecule is CCCCCCCCNC(N)=NCCCSC. The Bertz CT molecular complexity index is 184. The molecule has 3 nitrogen and oxygen atoms in total. The molecule has 0 saturated heterocycles. The minimum absolute atomic E-state index is 0.611. The molecule has 0 unspecified atom stereocenters. The van der Waals surface area contributed by atoms with Crippen molar-refractivity contribution in [3.05, 3.63) is 0 Å². The van der Waals surface area contributed by atoms with Gasteiger partial charge in [0.15, 0.2) is 5.96 Å². The van der Waals surface area contributed by atoms with Crippen LogP contribution in [0.5, 0.6) is 0 Å². The summed E-state index contributed by atoms with van der Waals surface area (Å²) in [6, 6.07) is 0. The van der Waals surface area contributed by atoms with Crippen molar-refractivity contribution < 1.29 is 0 Å². The second kappa shape index (κ2) is 13.7. The molecule has 0 saturated carbocycles. The molecule has 17 heavy (non-hydrogen) atoms. The molecule has 0 amide bonds. The maximum atomic E-state index is 5.75. The monoisotopic (exact) mass is 259 g/mol. The molecule has 0 aromatic rings. The zero-order chi connectivity index (χ0) is 12.8. The number of nitrogens with zero attached hydrogens (tertiary/aromatic N) is 1. The standard InChI is InChI=1S/C13H29N3S/c1-3-4-5-6-7-8-10-15-13(14)16-11-9-12-17-2/h3-12H2,1-2H3,(H3,14,15,16). The van der Waals surface area contributed by atoms with Crippen LogP contribution in [-0.4, -0.2) is 31.1 Å². The fourth-order valence-corrected chi connectivity index (χ4v) is 2.00. The van der Waals surface area contributed by atoms with E-state index in [1.807, 2.05) is 11.8 Å². The predicted octanol–water partition coefficient (Wildman–Crippen LogP) is 3.00. The van der Waals surface area contributed by atoms with Gasteiger partial charge in [-0.05, 0) is 24.9 Å². The van der Waals surface area contributed by atoms with Gasteiger partial charge in [-0.1, -0.05) is 39.0 Å². The number of nitrogens with one attached hydrogen (secondary N) is 1. The van der Waals surface area contributed by atoms with Gasteiger partial charge in [0.05, 0.1) is 0 Å². The lowest BCUT2D eigenvalue weighted by molar-refractivity contribution is 0.601. The van der Waals surface area contributed by atoms with Gasteiger partial charge < -0.3 is 11.1 Å². The van der Waals surface area contributed by atoms with Crippen LogP contribution in [-0.2, 0) is 0 Å². The van der Waals surface area contributed by atoms with Crippen molar-refractivity contribution in [3.8, 4) is 0 Å². The summed E-state index contributed by atoms with van der Waals surface area (Å²) < 4.78 is 0. The van der Waals surface area contributed by atoms with Crippen LogP contribution in [0.2, 0.25) is 0 Å². The van der Waals surface area contributed by atoms with Crippen molar-refractivity contribution >= 4 is 17.7 Å². The highest BCUT2D eigenvalue weighted by atomic mass is 32.2. The van der Waals surface area contributed by atoms with E-state index in [2.05, 4.69) is 23.5 Å². The van der Waals surface area contributed by atoms with Crippen molar-refractivity contribution in [2.45, 2.75) is 51.9 Å². The van der Waals surface area contributed by atoms with Crippen LogP contribution < -0.4 is 11.1 Å². The zero-order valence-electron chi connectivity index (χ0n) is 11.5. The Hall–Kier alpha value is -0.380. The number of unbranched alkanes of at least 4 members (excludes halogenated alkanes) is 5. The topological polar surface area (TPSA) is 50.4 Å². The average Bonchev–Trinajstić information content (AvgIpc) is 2.33. The van der Waals surface area contributed by atoms with Gasteiger partial charge in [-0.3, -0.25) is 4.99 Å². The quantitative estimate of drug-likeness (QED) is 0.341. The van der Waals surface area contributed by atoms with Gasteiger partial charge in [0.2, 0.25) is 0 Å². The van der Waals surface area contributed by atoms with E-state index in [1.165, 1.54) is 38.5 Å².